The summed E-state index contributed by atoms with van der Waals surface area (Å²) >= 11 is 0. The molecule has 4 rings (SSSR count). The van der Waals surface area contributed by atoms with Gasteiger partial charge >= 0.3 is 6.18 Å². The molecule has 1 heterocycles. The van der Waals surface area contributed by atoms with E-state index in [1.54, 1.807) is 18.2 Å². The fourth-order valence-electron chi connectivity index (χ4n) is 2.81. The Labute approximate surface area is 153 Å². The maximum Gasteiger partial charge on any atom is 0.416 e. The molecule has 3 aromatic rings. The van der Waals surface area contributed by atoms with Crippen LogP contribution in [-0.2, 0) is 15.3 Å². The van der Waals surface area contributed by atoms with Gasteiger partial charge in [0.1, 0.15) is 5.52 Å². The van der Waals surface area contributed by atoms with Crippen molar-refractivity contribution in [3.05, 3.63) is 48.0 Å². The van der Waals surface area contributed by atoms with E-state index in [1.807, 2.05) is 6.92 Å². The van der Waals surface area contributed by atoms with Gasteiger partial charge in [0.05, 0.1) is 11.7 Å². The van der Waals surface area contributed by atoms with Crippen molar-refractivity contribution in [2.75, 3.05) is 6.16 Å². The van der Waals surface area contributed by atoms with Gasteiger partial charge in [-0.3, -0.25) is 4.57 Å². The molecule has 1 saturated carbocycles. The van der Waals surface area contributed by atoms with Crippen molar-refractivity contribution < 1.29 is 26.7 Å². The van der Waals surface area contributed by atoms with E-state index in [1.165, 1.54) is 12.1 Å². The molecule has 0 spiro atoms. The minimum absolute atomic E-state index is 0.0434. The Morgan fingerprint density at radius 1 is 1.22 bits per heavy atom. The van der Waals surface area contributed by atoms with Gasteiger partial charge in [-0.1, -0.05) is 13.0 Å². The van der Waals surface area contributed by atoms with Gasteiger partial charge in [0.25, 0.3) is 0 Å². The van der Waals surface area contributed by atoms with E-state index < -0.39 is 19.1 Å². The predicted octanol–water partition coefficient (Wildman–Crippen LogP) is 5.62. The van der Waals surface area contributed by atoms with E-state index >= 15 is 0 Å². The van der Waals surface area contributed by atoms with E-state index in [4.69, 9.17) is 8.94 Å². The van der Waals surface area contributed by atoms with Gasteiger partial charge in [-0.15, -0.1) is 0 Å². The number of alkyl halides is 3. The van der Waals surface area contributed by atoms with Gasteiger partial charge in [-0.25, -0.2) is 4.98 Å². The van der Waals surface area contributed by atoms with Crippen LogP contribution in [0.15, 0.2) is 46.9 Å². The van der Waals surface area contributed by atoms with Gasteiger partial charge < -0.3 is 8.94 Å². The first kappa shape index (κ1) is 18.3. The summed E-state index contributed by atoms with van der Waals surface area (Å²) in [6, 6.07) is 9.78. The first-order chi connectivity index (χ1) is 12.8. The second-order valence-corrected chi connectivity index (χ2v) is 9.25. The summed E-state index contributed by atoms with van der Waals surface area (Å²) in [6.45, 7) is 1.81. The molecule has 1 unspecified atom stereocenters. The second kappa shape index (κ2) is 6.50. The number of oxazole rings is 1. The van der Waals surface area contributed by atoms with E-state index in [9.17, 15) is 17.7 Å². The minimum atomic E-state index is -4.44. The van der Waals surface area contributed by atoms with Crippen molar-refractivity contribution >= 4 is 23.8 Å². The van der Waals surface area contributed by atoms with Crippen molar-refractivity contribution in [3.63, 3.8) is 0 Å². The Balaban J connectivity index is 1.72. The molecule has 0 bridgehead atoms. The van der Waals surface area contributed by atoms with Crippen molar-refractivity contribution in [2.24, 2.45) is 0 Å². The molecule has 27 heavy (non-hydrogen) atoms. The Hall–Kier alpha value is -2.11. The fraction of sp³-hybridized carbons (Fsp3) is 0.316. The molecular formula is C19H17F3NO3P. The summed E-state index contributed by atoms with van der Waals surface area (Å²) < 4.78 is 63.3. The lowest BCUT2D eigenvalue weighted by Crippen LogP contribution is -2.10. The van der Waals surface area contributed by atoms with Crippen LogP contribution >= 0.6 is 7.37 Å². The highest BCUT2D eigenvalue weighted by Crippen LogP contribution is 2.51. The number of aromatic nitrogens is 1. The highest BCUT2D eigenvalue weighted by Gasteiger charge is 2.34. The number of hydrogen-bond acceptors (Lipinski definition) is 4. The molecule has 4 nitrogen and oxygen atoms in total. The minimum Gasteiger partial charge on any atom is -0.436 e. The van der Waals surface area contributed by atoms with Crippen molar-refractivity contribution in [1.29, 1.82) is 0 Å². The van der Waals surface area contributed by atoms with Gasteiger partial charge in [0, 0.05) is 17.0 Å². The normalized spacial score (nSPS) is 17.2. The Morgan fingerprint density at radius 3 is 2.67 bits per heavy atom. The summed E-state index contributed by atoms with van der Waals surface area (Å²) in [5.41, 5.74) is 0.319. The topological polar surface area (TPSA) is 52.3 Å². The third-order valence-corrected chi connectivity index (χ3v) is 7.00. The molecule has 0 aliphatic heterocycles. The number of fused-ring (bicyclic) bond motifs is 1. The molecule has 0 N–H and O–H groups in total. The lowest BCUT2D eigenvalue weighted by Gasteiger charge is -2.16. The van der Waals surface area contributed by atoms with Gasteiger partial charge in [0.15, 0.2) is 5.58 Å². The standard InChI is InChI=1S/C19H17F3NO3P/c1-2-27(24,26-14-6-7-14)15-8-9-16-17(11-15)25-18(23-16)12-4-3-5-13(10-12)19(20,21)22/h3-5,8-11,14H,2,6-7H2,1H3. The molecule has 142 valence electrons. The van der Waals surface area contributed by atoms with Gasteiger partial charge in [-0.2, -0.15) is 13.2 Å². The first-order valence-corrected chi connectivity index (χ1v) is 10.5. The molecule has 1 aliphatic carbocycles. The number of halogens is 3. The number of nitrogens with zero attached hydrogens (tertiary/aromatic N) is 1. The maximum absolute atomic E-state index is 13.1. The van der Waals surface area contributed by atoms with E-state index in [2.05, 4.69) is 4.98 Å². The Kier molecular flexibility index (Phi) is 4.40. The third kappa shape index (κ3) is 3.66. The van der Waals surface area contributed by atoms with E-state index in [0.717, 1.165) is 25.0 Å². The molecule has 1 atom stereocenters. The summed E-state index contributed by atoms with van der Waals surface area (Å²) in [5.74, 6) is 0.0858. The van der Waals surface area contributed by atoms with Crippen LogP contribution in [-0.4, -0.2) is 17.2 Å². The molecule has 0 radical (unpaired) electrons. The van der Waals surface area contributed by atoms with Crippen LogP contribution < -0.4 is 5.30 Å². The molecule has 1 fully saturated rings. The van der Waals surface area contributed by atoms with Crippen LogP contribution in [0.1, 0.15) is 25.3 Å². The zero-order chi connectivity index (χ0) is 19.2. The van der Waals surface area contributed by atoms with Crippen LogP contribution in [0.4, 0.5) is 13.2 Å². The lowest BCUT2D eigenvalue weighted by atomic mass is 10.1. The Bertz CT molecular complexity index is 1040. The molecule has 1 aliphatic rings. The highest BCUT2D eigenvalue weighted by atomic mass is 31.2. The first-order valence-electron chi connectivity index (χ1n) is 8.65. The maximum atomic E-state index is 13.1. The van der Waals surface area contributed by atoms with Crippen molar-refractivity contribution in [2.45, 2.75) is 32.0 Å². The zero-order valence-corrected chi connectivity index (χ0v) is 15.4. The van der Waals surface area contributed by atoms with Crippen LogP contribution in [0.25, 0.3) is 22.6 Å². The SMILES string of the molecule is CCP(=O)(OC1CC1)c1ccc2nc(-c3cccc(C(F)(F)F)c3)oc2c1. The monoisotopic (exact) mass is 395 g/mol. The van der Waals surface area contributed by atoms with Crippen molar-refractivity contribution in [3.8, 4) is 11.5 Å². The largest absolute Gasteiger partial charge is 0.436 e. The molecule has 1 aromatic heterocycles. The molecule has 0 amide bonds. The third-order valence-electron chi connectivity index (χ3n) is 4.46. The van der Waals surface area contributed by atoms with E-state index in [-0.39, 0.29) is 17.6 Å². The molecule has 2 aromatic carbocycles. The van der Waals surface area contributed by atoms with Crippen LogP contribution in [0, 0.1) is 0 Å². The number of benzene rings is 2. The zero-order valence-electron chi connectivity index (χ0n) is 14.5. The molecular weight excluding hydrogens is 378 g/mol. The second-order valence-electron chi connectivity index (χ2n) is 6.54. The predicted molar refractivity (Wildman–Crippen MR) is 96.3 cm³/mol. The summed E-state index contributed by atoms with van der Waals surface area (Å²) in [7, 11) is -2.98. The van der Waals surface area contributed by atoms with Gasteiger partial charge in [0.2, 0.25) is 13.3 Å². The lowest BCUT2D eigenvalue weighted by molar-refractivity contribution is -0.137. The van der Waals surface area contributed by atoms with Crippen LogP contribution in [0.5, 0.6) is 0 Å². The summed E-state index contributed by atoms with van der Waals surface area (Å²) in [5, 5.41) is 0.538. The number of hydrogen-bond donors (Lipinski definition) is 0. The number of rotatable bonds is 5. The van der Waals surface area contributed by atoms with Crippen LogP contribution in [0.2, 0.25) is 0 Å². The fourth-order valence-corrected chi connectivity index (χ4v) is 4.75. The molecule has 0 saturated heterocycles. The smallest absolute Gasteiger partial charge is 0.416 e. The van der Waals surface area contributed by atoms with Gasteiger partial charge in [-0.05, 0) is 49.2 Å². The average molecular weight is 395 g/mol. The molecule has 8 heteroatoms. The average Bonchev–Trinajstić information content (AvgIpc) is 3.34. The summed E-state index contributed by atoms with van der Waals surface area (Å²) in [4.78, 5) is 4.26. The van der Waals surface area contributed by atoms with Crippen LogP contribution in [0.3, 0.4) is 0 Å². The quantitative estimate of drug-likeness (QED) is 0.527. The Morgan fingerprint density at radius 2 is 2.00 bits per heavy atom. The summed E-state index contributed by atoms with van der Waals surface area (Å²) in [6.07, 6.45) is -2.21. The van der Waals surface area contributed by atoms with E-state index in [0.29, 0.717) is 22.6 Å². The van der Waals surface area contributed by atoms with Crippen molar-refractivity contribution in [1.82, 2.24) is 4.98 Å². The highest BCUT2D eigenvalue weighted by molar-refractivity contribution is 7.67.